The molecule has 2 heteroatoms. The van der Waals surface area contributed by atoms with E-state index in [-0.39, 0.29) is 5.41 Å². The van der Waals surface area contributed by atoms with E-state index in [0.717, 1.165) is 25.2 Å². The molecule has 2 saturated carbocycles. The molecule has 0 aliphatic heterocycles. The first-order valence-corrected chi connectivity index (χ1v) is 8.04. The Morgan fingerprint density at radius 1 is 1.17 bits per heavy atom. The van der Waals surface area contributed by atoms with Crippen LogP contribution in [0.4, 0.5) is 0 Å². The van der Waals surface area contributed by atoms with E-state index in [1.807, 2.05) is 0 Å². The molecule has 0 heterocycles. The van der Waals surface area contributed by atoms with Crippen molar-refractivity contribution in [2.75, 3.05) is 6.54 Å². The van der Waals surface area contributed by atoms with Gasteiger partial charge in [0.1, 0.15) is 0 Å². The summed E-state index contributed by atoms with van der Waals surface area (Å²) in [6.45, 7) is 5.10. The summed E-state index contributed by atoms with van der Waals surface area (Å²) in [4.78, 5) is 0. The van der Waals surface area contributed by atoms with Crippen LogP contribution in [0.1, 0.15) is 71.6 Å². The summed E-state index contributed by atoms with van der Waals surface area (Å²) in [7, 11) is 0. The summed E-state index contributed by atoms with van der Waals surface area (Å²) in [5.41, 5.74) is 5.67. The SMILES string of the molecule is CCCC1CCC(CN)(C(O)(CC)C2CC2)CC1. The fourth-order valence-corrected chi connectivity index (χ4v) is 4.40. The van der Waals surface area contributed by atoms with E-state index in [4.69, 9.17) is 5.73 Å². The summed E-state index contributed by atoms with van der Waals surface area (Å²) in [6.07, 6.45) is 10.8. The Balaban J connectivity index is 2.07. The highest BCUT2D eigenvalue weighted by Crippen LogP contribution is 2.56. The number of rotatable bonds is 6. The van der Waals surface area contributed by atoms with E-state index in [1.54, 1.807) is 0 Å². The Bertz CT molecular complexity index is 266. The van der Waals surface area contributed by atoms with Gasteiger partial charge in [0.05, 0.1) is 5.60 Å². The Kier molecular flexibility index (Phi) is 4.38. The Hall–Kier alpha value is -0.0800. The van der Waals surface area contributed by atoms with Gasteiger partial charge in [-0.05, 0) is 56.8 Å². The van der Waals surface area contributed by atoms with Gasteiger partial charge in [-0.25, -0.2) is 0 Å². The van der Waals surface area contributed by atoms with Gasteiger partial charge < -0.3 is 10.8 Å². The van der Waals surface area contributed by atoms with Crippen LogP contribution in [0.2, 0.25) is 0 Å². The standard InChI is InChI=1S/C16H31NO/c1-3-5-13-8-10-15(12-17,11-9-13)16(18,4-2)14-6-7-14/h13-14,18H,3-12,17H2,1-2H3. The first-order valence-electron chi connectivity index (χ1n) is 8.04. The summed E-state index contributed by atoms with van der Waals surface area (Å²) >= 11 is 0. The lowest BCUT2D eigenvalue weighted by Gasteiger charge is -2.51. The molecule has 0 spiro atoms. The van der Waals surface area contributed by atoms with Crippen LogP contribution in [-0.4, -0.2) is 17.3 Å². The third kappa shape index (κ3) is 2.34. The van der Waals surface area contributed by atoms with E-state index in [9.17, 15) is 5.11 Å². The fourth-order valence-electron chi connectivity index (χ4n) is 4.40. The molecule has 0 aromatic carbocycles. The van der Waals surface area contributed by atoms with E-state index < -0.39 is 5.60 Å². The highest BCUT2D eigenvalue weighted by Gasteiger charge is 2.56. The van der Waals surface area contributed by atoms with Crippen LogP contribution in [0, 0.1) is 17.3 Å². The van der Waals surface area contributed by atoms with Crippen molar-refractivity contribution < 1.29 is 5.11 Å². The molecule has 1 atom stereocenters. The lowest BCUT2D eigenvalue weighted by atomic mass is 9.58. The average molecular weight is 253 g/mol. The highest BCUT2D eigenvalue weighted by atomic mass is 16.3. The molecule has 106 valence electrons. The smallest absolute Gasteiger partial charge is 0.0741 e. The summed E-state index contributed by atoms with van der Waals surface area (Å²) in [5, 5.41) is 11.2. The maximum atomic E-state index is 11.2. The Morgan fingerprint density at radius 3 is 2.17 bits per heavy atom. The molecule has 1 unspecified atom stereocenters. The number of aliphatic hydroxyl groups is 1. The molecule has 2 fully saturated rings. The molecular formula is C16H31NO. The molecule has 0 bridgehead atoms. The normalized spacial score (nSPS) is 36.3. The Morgan fingerprint density at radius 2 is 1.78 bits per heavy atom. The second-order valence-corrected chi connectivity index (χ2v) is 6.77. The van der Waals surface area contributed by atoms with Crippen molar-refractivity contribution >= 4 is 0 Å². The molecule has 2 aliphatic rings. The van der Waals surface area contributed by atoms with Crippen molar-refractivity contribution in [1.82, 2.24) is 0 Å². The van der Waals surface area contributed by atoms with Crippen LogP contribution in [0.3, 0.4) is 0 Å². The molecule has 2 rings (SSSR count). The van der Waals surface area contributed by atoms with Crippen molar-refractivity contribution in [2.45, 2.75) is 77.2 Å². The predicted octanol–water partition coefficient (Wildman–Crippen LogP) is 3.47. The maximum absolute atomic E-state index is 11.2. The zero-order valence-corrected chi connectivity index (χ0v) is 12.3. The van der Waals surface area contributed by atoms with Crippen molar-refractivity contribution in [3.05, 3.63) is 0 Å². The fraction of sp³-hybridized carbons (Fsp3) is 1.00. The third-order valence-electron chi connectivity index (χ3n) is 5.86. The molecular weight excluding hydrogens is 222 g/mol. The summed E-state index contributed by atoms with van der Waals surface area (Å²) < 4.78 is 0. The molecule has 18 heavy (non-hydrogen) atoms. The zero-order chi connectivity index (χ0) is 13.2. The molecule has 0 aromatic rings. The van der Waals surface area contributed by atoms with Crippen LogP contribution in [0.5, 0.6) is 0 Å². The number of hydrogen-bond acceptors (Lipinski definition) is 2. The maximum Gasteiger partial charge on any atom is 0.0741 e. The van der Waals surface area contributed by atoms with Gasteiger partial charge in [0.2, 0.25) is 0 Å². The average Bonchev–Trinajstić information content (AvgIpc) is 3.24. The van der Waals surface area contributed by atoms with Crippen LogP contribution < -0.4 is 5.73 Å². The third-order valence-corrected chi connectivity index (χ3v) is 5.86. The van der Waals surface area contributed by atoms with Crippen molar-refractivity contribution in [1.29, 1.82) is 0 Å². The van der Waals surface area contributed by atoms with E-state index in [1.165, 1.54) is 38.5 Å². The van der Waals surface area contributed by atoms with E-state index in [0.29, 0.717) is 12.5 Å². The molecule has 0 radical (unpaired) electrons. The minimum absolute atomic E-state index is 0.0210. The number of hydrogen-bond donors (Lipinski definition) is 2. The second kappa shape index (κ2) is 5.50. The first-order chi connectivity index (χ1) is 8.62. The predicted molar refractivity (Wildman–Crippen MR) is 76.3 cm³/mol. The molecule has 0 amide bonds. The lowest BCUT2D eigenvalue weighted by Crippen LogP contribution is -2.55. The van der Waals surface area contributed by atoms with Gasteiger partial charge in [-0.3, -0.25) is 0 Å². The Labute approximate surface area is 112 Å². The highest BCUT2D eigenvalue weighted by molar-refractivity contribution is 5.08. The largest absolute Gasteiger partial charge is 0.389 e. The number of nitrogens with two attached hydrogens (primary N) is 1. The summed E-state index contributed by atoms with van der Waals surface area (Å²) in [5.74, 6) is 1.42. The van der Waals surface area contributed by atoms with Crippen LogP contribution >= 0.6 is 0 Å². The lowest BCUT2D eigenvalue weighted by molar-refractivity contribution is -0.123. The van der Waals surface area contributed by atoms with Crippen LogP contribution in [0.25, 0.3) is 0 Å². The minimum Gasteiger partial charge on any atom is -0.389 e. The zero-order valence-electron chi connectivity index (χ0n) is 12.3. The molecule has 2 aliphatic carbocycles. The van der Waals surface area contributed by atoms with Crippen molar-refractivity contribution in [3.63, 3.8) is 0 Å². The van der Waals surface area contributed by atoms with Crippen molar-refractivity contribution in [2.24, 2.45) is 23.0 Å². The quantitative estimate of drug-likeness (QED) is 0.761. The van der Waals surface area contributed by atoms with Gasteiger partial charge >= 0.3 is 0 Å². The summed E-state index contributed by atoms with van der Waals surface area (Å²) in [6, 6.07) is 0. The van der Waals surface area contributed by atoms with Gasteiger partial charge in [0.15, 0.2) is 0 Å². The molecule has 0 saturated heterocycles. The van der Waals surface area contributed by atoms with Gasteiger partial charge in [-0.1, -0.05) is 26.7 Å². The first kappa shape index (κ1) is 14.3. The monoisotopic (exact) mass is 253 g/mol. The van der Waals surface area contributed by atoms with E-state index >= 15 is 0 Å². The van der Waals surface area contributed by atoms with Crippen LogP contribution in [-0.2, 0) is 0 Å². The topological polar surface area (TPSA) is 46.2 Å². The van der Waals surface area contributed by atoms with Crippen LogP contribution in [0.15, 0.2) is 0 Å². The van der Waals surface area contributed by atoms with Gasteiger partial charge in [-0.15, -0.1) is 0 Å². The van der Waals surface area contributed by atoms with Crippen molar-refractivity contribution in [3.8, 4) is 0 Å². The second-order valence-electron chi connectivity index (χ2n) is 6.77. The molecule has 2 nitrogen and oxygen atoms in total. The minimum atomic E-state index is -0.473. The molecule has 3 N–H and O–H groups in total. The van der Waals surface area contributed by atoms with E-state index in [2.05, 4.69) is 13.8 Å². The van der Waals surface area contributed by atoms with Gasteiger partial charge in [-0.2, -0.15) is 0 Å². The van der Waals surface area contributed by atoms with Gasteiger partial charge in [0, 0.05) is 12.0 Å². The van der Waals surface area contributed by atoms with Gasteiger partial charge in [0.25, 0.3) is 0 Å². The molecule has 0 aromatic heterocycles.